The summed E-state index contributed by atoms with van der Waals surface area (Å²) in [7, 11) is 0. The number of hydrogen-bond acceptors (Lipinski definition) is 2. The van der Waals surface area contributed by atoms with E-state index in [0.717, 1.165) is 12.2 Å². The number of aliphatic carboxylic acids is 1. The average Bonchev–Trinajstić information content (AvgIpc) is 2.28. The van der Waals surface area contributed by atoms with Gasteiger partial charge in [0.2, 0.25) is 0 Å². The van der Waals surface area contributed by atoms with Crippen molar-refractivity contribution in [3.05, 3.63) is 28.2 Å². The first-order valence-corrected chi connectivity index (χ1v) is 6.22. The summed E-state index contributed by atoms with van der Waals surface area (Å²) in [5, 5.41) is 9.63. The minimum absolute atomic E-state index is 0.178. The van der Waals surface area contributed by atoms with Gasteiger partial charge >= 0.3 is 5.97 Å². The number of carbonyl (C=O) groups is 1. The lowest BCUT2D eigenvalue weighted by molar-refractivity contribution is -0.137. The Morgan fingerprint density at radius 1 is 1.35 bits per heavy atom. The third-order valence-corrected chi connectivity index (χ3v) is 3.21. The Hall–Kier alpha value is -0.930. The molecule has 0 aromatic heterocycles. The summed E-state index contributed by atoms with van der Waals surface area (Å²) in [4.78, 5) is 12.5. The summed E-state index contributed by atoms with van der Waals surface area (Å²) in [5.74, 6) is -0.768. The summed E-state index contributed by atoms with van der Waals surface area (Å²) in [6.07, 6.45) is 0.793. The van der Waals surface area contributed by atoms with Crippen LogP contribution in [0.1, 0.15) is 19.8 Å². The molecule has 0 bridgehead atoms. The minimum atomic E-state index is -0.768. The lowest BCUT2D eigenvalue weighted by Crippen LogP contribution is -2.24. The van der Waals surface area contributed by atoms with Crippen molar-refractivity contribution in [3.63, 3.8) is 0 Å². The summed E-state index contributed by atoms with van der Waals surface area (Å²) in [6, 6.07) is 5.44. The first-order valence-electron chi connectivity index (χ1n) is 5.46. The van der Waals surface area contributed by atoms with Crippen LogP contribution in [0.5, 0.6) is 0 Å². The number of nitrogens with zero attached hydrogens (tertiary/aromatic N) is 1. The predicted molar refractivity (Wildman–Crippen MR) is 71.2 cm³/mol. The van der Waals surface area contributed by atoms with E-state index in [0.29, 0.717) is 23.0 Å². The molecule has 0 unspecified atom stereocenters. The molecule has 0 aliphatic heterocycles. The highest BCUT2D eigenvalue weighted by molar-refractivity contribution is 6.42. The van der Waals surface area contributed by atoms with Gasteiger partial charge in [-0.05, 0) is 31.5 Å². The van der Waals surface area contributed by atoms with Gasteiger partial charge in [0.05, 0.1) is 10.0 Å². The van der Waals surface area contributed by atoms with Crippen molar-refractivity contribution >= 4 is 34.9 Å². The Kier molecular flexibility index (Phi) is 5.59. The second-order valence-corrected chi connectivity index (χ2v) is 4.49. The van der Waals surface area contributed by atoms with Gasteiger partial charge in [0.25, 0.3) is 0 Å². The van der Waals surface area contributed by atoms with Gasteiger partial charge in [-0.1, -0.05) is 23.2 Å². The second kappa shape index (κ2) is 6.72. The van der Waals surface area contributed by atoms with Gasteiger partial charge in [-0.25, -0.2) is 0 Å². The van der Waals surface area contributed by atoms with E-state index in [1.165, 1.54) is 0 Å². The van der Waals surface area contributed by atoms with Gasteiger partial charge in [-0.2, -0.15) is 0 Å². The number of halogens is 2. The molecule has 3 nitrogen and oxygen atoms in total. The third kappa shape index (κ3) is 4.44. The molecule has 94 valence electrons. The molecule has 0 amide bonds. The molecule has 0 radical (unpaired) electrons. The molecule has 0 fully saturated rings. The number of carboxylic acid groups (broad SMARTS) is 1. The van der Waals surface area contributed by atoms with Crippen LogP contribution in [0.2, 0.25) is 10.0 Å². The SMILES string of the molecule is CCN(CCCC(=O)O)c1ccc(Cl)c(Cl)c1. The van der Waals surface area contributed by atoms with Crippen LogP contribution >= 0.6 is 23.2 Å². The van der Waals surface area contributed by atoms with E-state index in [-0.39, 0.29) is 6.42 Å². The summed E-state index contributed by atoms with van der Waals surface area (Å²) >= 11 is 11.8. The minimum Gasteiger partial charge on any atom is -0.481 e. The van der Waals surface area contributed by atoms with Gasteiger partial charge in [0.15, 0.2) is 0 Å². The maximum atomic E-state index is 10.4. The predicted octanol–water partition coefficient (Wildman–Crippen LogP) is 3.68. The summed E-state index contributed by atoms with van der Waals surface area (Å²) in [6.45, 7) is 3.52. The Balaban J connectivity index is 2.65. The van der Waals surface area contributed by atoms with Crippen molar-refractivity contribution in [1.82, 2.24) is 0 Å². The number of carboxylic acids is 1. The van der Waals surface area contributed by atoms with Crippen LogP contribution in [0.3, 0.4) is 0 Å². The van der Waals surface area contributed by atoms with Crippen LogP contribution in [-0.2, 0) is 4.79 Å². The van der Waals surface area contributed by atoms with Gasteiger partial charge in [0, 0.05) is 25.2 Å². The lowest BCUT2D eigenvalue weighted by atomic mass is 10.2. The number of rotatable bonds is 6. The highest BCUT2D eigenvalue weighted by Crippen LogP contribution is 2.27. The smallest absolute Gasteiger partial charge is 0.303 e. The van der Waals surface area contributed by atoms with E-state index >= 15 is 0 Å². The maximum Gasteiger partial charge on any atom is 0.303 e. The van der Waals surface area contributed by atoms with E-state index in [9.17, 15) is 4.79 Å². The zero-order valence-electron chi connectivity index (χ0n) is 9.62. The summed E-state index contributed by atoms with van der Waals surface area (Å²) in [5.41, 5.74) is 0.965. The monoisotopic (exact) mass is 275 g/mol. The van der Waals surface area contributed by atoms with Crippen LogP contribution in [0.4, 0.5) is 5.69 Å². The van der Waals surface area contributed by atoms with Crippen molar-refractivity contribution in [2.75, 3.05) is 18.0 Å². The molecule has 0 spiro atoms. The zero-order chi connectivity index (χ0) is 12.8. The fraction of sp³-hybridized carbons (Fsp3) is 0.417. The van der Waals surface area contributed by atoms with E-state index in [1.807, 2.05) is 13.0 Å². The molecule has 0 saturated heterocycles. The molecular weight excluding hydrogens is 261 g/mol. The highest BCUT2D eigenvalue weighted by Gasteiger charge is 2.07. The maximum absolute atomic E-state index is 10.4. The van der Waals surface area contributed by atoms with Gasteiger partial charge < -0.3 is 10.0 Å². The standard InChI is InChI=1S/C12H15Cl2NO2/c1-2-15(7-3-4-12(16)17)9-5-6-10(13)11(14)8-9/h5-6,8H,2-4,7H2,1H3,(H,16,17). The number of benzene rings is 1. The topological polar surface area (TPSA) is 40.5 Å². The van der Waals surface area contributed by atoms with Crippen LogP contribution in [0.25, 0.3) is 0 Å². The molecule has 0 heterocycles. The normalized spacial score (nSPS) is 10.3. The molecular formula is C12H15Cl2NO2. The lowest BCUT2D eigenvalue weighted by Gasteiger charge is -2.23. The molecule has 0 saturated carbocycles. The van der Waals surface area contributed by atoms with E-state index in [2.05, 4.69) is 4.90 Å². The molecule has 0 aliphatic carbocycles. The average molecular weight is 276 g/mol. The molecule has 1 aromatic rings. The van der Waals surface area contributed by atoms with Crippen molar-refractivity contribution in [2.45, 2.75) is 19.8 Å². The largest absolute Gasteiger partial charge is 0.481 e. The third-order valence-electron chi connectivity index (χ3n) is 2.47. The van der Waals surface area contributed by atoms with Crippen LogP contribution in [-0.4, -0.2) is 24.2 Å². The van der Waals surface area contributed by atoms with Crippen LogP contribution in [0, 0.1) is 0 Å². The van der Waals surface area contributed by atoms with E-state index in [4.69, 9.17) is 28.3 Å². The molecule has 1 aromatic carbocycles. The van der Waals surface area contributed by atoms with Crippen LogP contribution < -0.4 is 4.90 Å². The van der Waals surface area contributed by atoms with E-state index < -0.39 is 5.97 Å². The fourth-order valence-electron chi connectivity index (χ4n) is 1.57. The van der Waals surface area contributed by atoms with Crippen molar-refractivity contribution in [3.8, 4) is 0 Å². The Bertz CT molecular complexity index is 396. The Labute approximate surface area is 111 Å². The van der Waals surface area contributed by atoms with Gasteiger partial charge in [-0.15, -0.1) is 0 Å². The number of hydrogen-bond donors (Lipinski definition) is 1. The zero-order valence-corrected chi connectivity index (χ0v) is 11.1. The molecule has 5 heteroatoms. The second-order valence-electron chi connectivity index (χ2n) is 3.68. The Morgan fingerprint density at radius 2 is 2.06 bits per heavy atom. The van der Waals surface area contributed by atoms with Crippen molar-refractivity contribution in [1.29, 1.82) is 0 Å². The molecule has 1 rings (SSSR count). The quantitative estimate of drug-likeness (QED) is 0.861. The van der Waals surface area contributed by atoms with Crippen molar-refractivity contribution < 1.29 is 9.90 Å². The van der Waals surface area contributed by atoms with Crippen molar-refractivity contribution in [2.24, 2.45) is 0 Å². The molecule has 0 aliphatic rings. The van der Waals surface area contributed by atoms with Gasteiger partial charge in [-0.3, -0.25) is 4.79 Å². The first-order chi connectivity index (χ1) is 8.04. The summed E-state index contributed by atoms with van der Waals surface area (Å²) < 4.78 is 0. The molecule has 1 N–H and O–H groups in total. The highest BCUT2D eigenvalue weighted by atomic mass is 35.5. The fourth-order valence-corrected chi connectivity index (χ4v) is 1.87. The van der Waals surface area contributed by atoms with Gasteiger partial charge in [0.1, 0.15) is 0 Å². The first kappa shape index (κ1) is 14.1. The molecule has 0 atom stereocenters. The molecule has 17 heavy (non-hydrogen) atoms. The Morgan fingerprint density at radius 3 is 2.59 bits per heavy atom. The van der Waals surface area contributed by atoms with Crippen LogP contribution in [0.15, 0.2) is 18.2 Å². The van der Waals surface area contributed by atoms with E-state index in [1.54, 1.807) is 12.1 Å². The number of anilines is 1.